The van der Waals surface area contributed by atoms with E-state index in [0.717, 1.165) is 10.5 Å². The fourth-order valence-electron chi connectivity index (χ4n) is 2.42. The van der Waals surface area contributed by atoms with E-state index in [1.807, 2.05) is 42.5 Å². The maximum atomic E-state index is 12.7. The Bertz CT molecular complexity index is 828. The van der Waals surface area contributed by atoms with Crippen LogP contribution >= 0.6 is 23.4 Å². The predicted octanol–water partition coefficient (Wildman–Crippen LogP) is 4.40. The first-order valence-electron chi connectivity index (χ1n) is 7.32. The lowest BCUT2D eigenvalue weighted by atomic mass is 10.1. The van der Waals surface area contributed by atoms with Crippen LogP contribution in [0, 0.1) is 0 Å². The zero-order valence-electron chi connectivity index (χ0n) is 12.7. The van der Waals surface area contributed by atoms with E-state index in [0.29, 0.717) is 15.5 Å². The van der Waals surface area contributed by atoms with Gasteiger partial charge in [0.15, 0.2) is 0 Å². The predicted molar refractivity (Wildman–Crippen MR) is 97.6 cm³/mol. The molecule has 0 N–H and O–H groups in total. The zero-order chi connectivity index (χ0) is 17.1. The van der Waals surface area contributed by atoms with Crippen LogP contribution in [0.25, 0.3) is 5.57 Å². The molecule has 5 heteroatoms. The summed E-state index contributed by atoms with van der Waals surface area (Å²) >= 11 is 7.19. The standard InChI is InChI=1S/C19H14ClNO2S/c1-2-12-21-18(22)16(13-6-4-3-5-7-13)17(19(21)23)24-15-10-8-14(20)9-11-15/h2-11H,1,12H2. The molecular formula is C19H14ClNO2S. The van der Waals surface area contributed by atoms with Gasteiger partial charge in [-0.05, 0) is 29.8 Å². The van der Waals surface area contributed by atoms with Crippen LogP contribution in [0.4, 0.5) is 0 Å². The molecule has 0 aromatic heterocycles. The molecule has 0 fully saturated rings. The maximum Gasteiger partial charge on any atom is 0.268 e. The number of carbonyl (C=O) groups excluding carboxylic acids is 2. The molecule has 24 heavy (non-hydrogen) atoms. The number of hydrogen-bond donors (Lipinski definition) is 0. The lowest BCUT2D eigenvalue weighted by Gasteiger charge is -2.11. The maximum absolute atomic E-state index is 12.7. The summed E-state index contributed by atoms with van der Waals surface area (Å²) in [6, 6.07) is 16.4. The first-order valence-corrected chi connectivity index (χ1v) is 8.51. The van der Waals surface area contributed by atoms with Crippen molar-refractivity contribution in [1.82, 2.24) is 4.90 Å². The van der Waals surface area contributed by atoms with Crippen LogP contribution < -0.4 is 0 Å². The van der Waals surface area contributed by atoms with Crippen molar-refractivity contribution in [2.75, 3.05) is 6.54 Å². The van der Waals surface area contributed by atoms with Gasteiger partial charge in [0.1, 0.15) is 0 Å². The van der Waals surface area contributed by atoms with Crippen molar-refractivity contribution in [1.29, 1.82) is 0 Å². The Labute approximate surface area is 149 Å². The second kappa shape index (κ2) is 7.07. The Kier molecular flexibility index (Phi) is 4.88. The van der Waals surface area contributed by atoms with Gasteiger partial charge in [-0.3, -0.25) is 14.5 Å². The van der Waals surface area contributed by atoms with Gasteiger partial charge in [-0.1, -0.05) is 59.8 Å². The molecular weight excluding hydrogens is 342 g/mol. The molecule has 0 radical (unpaired) electrons. The highest BCUT2D eigenvalue weighted by Crippen LogP contribution is 2.39. The number of amides is 2. The number of imide groups is 1. The quantitative estimate of drug-likeness (QED) is 0.589. The minimum absolute atomic E-state index is 0.193. The second-order valence-electron chi connectivity index (χ2n) is 5.14. The molecule has 1 aliphatic rings. The van der Waals surface area contributed by atoms with Crippen LogP contribution in [0.5, 0.6) is 0 Å². The van der Waals surface area contributed by atoms with Crippen LogP contribution in [0.2, 0.25) is 5.02 Å². The van der Waals surface area contributed by atoms with E-state index in [1.54, 1.807) is 18.2 Å². The second-order valence-corrected chi connectivity index (χ2v) is 6.66. The molecule has 0 saturated carbocycles. The van der Waals surface area contributed by atoms with Crippen molar-refractivity contribution < 1.29 is 9.59 Å². The largest absolute Gasteiger partial charge is 0.270 e. The third kappa shape index (κ3) is 3.16. The Morgan fingerprint density at radius 3 is 2.29 bits per heavy atom. The Morgan fingerprint density at radius 2 is 1.67 bits per heavy atom. The minimum Gasteiger partial charge on any atom is -0.270 e. The zero-order valence-corrected chi connectivity index (χ0v) is 14.3. The van der Waals surface area contributed by atoms with Gasteiger partial charge in [-0.2, -0.15) is 0 Å². The number of halogens is 1. The average Bonchev–Trinajstić information content (AvgIpc) is 2.82. The molecule has 0 aliphatic carbocycles. The van der Waals surface area contributed by atoms with E-state index < -0.39 is 0 Å². The summed E-state index contributed by atoms with van der Waals surface area (Å²) in [7, 11) is 0. The average molecular weight is 356 g/mol. The number of hydrogen-bond acceptors (Lipinski definition) is 3. The number of benzene rings is 2. The molecule has 1 aliphatic heterocycles. The SMILES string of the molecule is C=CCN1C(=O)C(Sc2ccc(Cl)cc2)=C(c2ccccc2)C1=O. The van der Waals surface area contributed by atoms with E-state index in [2.05, 4.69) is 6.58 Å². The van der Waals surface area contributed by atoms with Crippen molar-refractivity contribution >= 4 is 40.8 Å². The molecule has 2 aromatic carbocycles. The van der Waals surface area contributed by atoms with Gasteiger partial charge in [-0.15, -0.1) is 6.58 Å². The fourth-order valence-corrected chi connectivity index (χ4v) is 3.56. The first-order chi connectivity index (χ1) is 11.6. The van der Waals surface area contributed by atoms with Gasteiger partial charge in [-0.25, -0.2) is 0 Å². The summed E-state index contributed by atoms with van der Waals surface area (Å²) < 4.78 is 0. The number of carbonyl (C=O) groups is 2. The lowest BCUT2D eigenvalue weighted by molar-refractivity contribution is -0.135. The van der Waals surface area contributed by atoms with Crippen molar-refractivity contribution in [2.24, 2.45) is 0 Å². The highest BCUT2D eigenvalue weighted by Gasteiger charge is 2.38. The van der Waals surface area contributed by atoms with Crippen molar-refractivity contribution in [3.05, 3.63) is 82.7 Å². The summed E-state index contributed by atoms with van der Waals surface area (Å²) in [6.45, 7) is 3.82. The van der Waals surface area contributed by atoms with Crippen molar-refractivity contribution in [3.8, 4) is 0 Å². The number of rotatable bonds is 5. The van der Waals surface area contributed by atoms with Crippen molar-refractivity contribution in [2.45, 2.75) is 4.90 Å². The van der Waals surface area contributed by atoms with Gasteiger partial charge in [0.2, 0.25) is 0 Å². The molecule has 2 amide bonds. The van der Waals surface area contributed by atoms with Crippen LogP contribution in [0.3, 0.4) is 0 Å². The molecule has 0 saturated heterocycles. The molecule has 2 aromatic rings. The molecule has 0 unspecified atom stereocenters. The van der Waals surface area contributed by atoms with E-state index in [1.165, 1.54) is 16.7 Å². The van der Waals surface area contributed by atoms with Gasteiger partial charge >= 0.3 is 0 Å². The van der Waals surface area contributed by atoms with Gasteiger partial charge < -0.3 is 0 Å². The van der Waals surface area contributed by atoms with Crippen molar-refractivity contribution in [3.63, 3.8) is 0 Å². The van der Waals surface area contributed by atoms with E-state index in [9.17, 15) is 9.59 Å². The molecule has 1 heterocycles. The first kappa shape index (κ1) is 16.6. The monoisotopic (exact) mass is 355 g/mol. The normalized spacial score (nSPS) is 14.5. The van der Waals surface area contributed by atoms with Gasteiger partial charge in [0.05, 0.1) is 10.5 Å². The third-order valence-electron chi connectivity index (χ3n) is 3.53. The minimum atomic E-state index is -0.293. The summed E-state index contributed by atoms with van der Waals surface area (Å²) in [4.78, 5) is 27.9. The topological polar surface area (TPSA) is 37.4 Å². The summed E-state index contributed by atoms with van der Waals surface area (Å²) in [5.41, 5.74) is 1.17. The Hall–Kier alpha value is -2.30. The van der Waals surface area contributed by atoms with E-state index in [-0.39, 0.29) is 18.4 Å². The fraction of sp³-hybridized carbons (Fsp3) is 0.0526. The molecule has 3 nitrogen and oxygen atoms in total. The molecule has 0 atom stereocenters. The van der Waals surface area contributed by atoms with Gasteiger partial charge in [0, 0.05) is 16.5 Å². The highest BCUT2D eigenvalue weighted by molar-refractivity contribution is 8.04. The van der Waals surface area contributed by atoms with Crippen LogP contribution in [0.1, 0.15) is 5.56 Å². The third-order valence-corrected chi connectivity index (χ3v) is 4.88. The lowest BCUT2D eigenvalue weighted by Crippen LogP contribution is -2.31. The number of thioether (sulfide) groups is 1. The van der Waals surface area contributed by atoms with Crippen LogP contribution in [0.15, 0.2) is 77.1 Å². The summed E-state index contributed by atoms with van der Waals surface area (Å²) in [5, 5.41) is 0.624. The molecule has 0 bridgehead atoms. The Balaban J connectivity index is 2.06. The highest BCUT2D eigenvalue weighted by atomic mass is 35.5. The van der Waals surface area contributed by atoms with Gasteiger partial charge in [0.25, 0.3) is 11.8 Å². The van der Waals surface area contributed by atoms with Crippen LogP contribution in [-0.4, -0.2) is 23.3 Å². The van der Waals surface area contributed by atoms with E-state index >= 15 is 0 Å². The smallest absolute Gasteiger partial charge is 0.268 e. The van der Waals surface area contributed by atoms with E-state index in [4.69, 9.17) is 11.6 Å². The molecule has 120 valence electrons. The molecule has 0 spiro atoms. The Morgan fingerprint density at radius 1 is 1.00 bits per heavy atom. The van der Waals surface area contributed by atoms with Crippen LogP contribution in [-0.2, 0) is 9.59 Å². The number of nitrogens with zero attached hydrogens (tertiary/aromatic N) is 1. The molecule has 3 rings (SSSR count). The summed E-state index contributed by atoms with van der Waals surface area (Å²) in [6.07, 6.45) is 1.55. The summed E-state index contributed by atoms with van der Waals surface area (Å²) in [5.74, 6) is -0.582.